The number of hydrogen-bond donors (Lipinski definition) is 0. The Morgan fingerprint density at radius 3 is 2.22 bits per heavy atom. The SMILES string of the molecule is CCOC(=O)N1CCN(C(=O)c2ccc(N3CCN(C=O)CC3)nn2)CC1. The maximum Gasteiger partial charge on any atom is 0.409 e. The summed E-state index contributed by atoms with van der Waals surface area (Å²) >= 11 is 0. The molecule has 0 spiro atoms. The summed E-state index contributed by atoms with van der Waals surface area (Å²) in [7, 11) is 0. The van der Waals surface area contributed by atoms with Crippen molar-refractivity contribution in [2.45, 2.75) is 6.92 Å². The minimum atomic E-state index is -0.344. The van der Waals surface area contributed by atoms with E-state index in [0.29, 0.717) is 64.8 Å². The van der Waals surface area contributed by atoms with Gasteiger partial charge in [0.05, 0.1) is 6.61 Å². The van der Waals surface area contributed by atoms with E-state index in [-0.39, 0.29) is 17.7 Å². The van der Waals surface area contributed by atoms with Gasteiger partial charge < -0.3 is 24.3 Å². The highest BCUT2D eigenvalue weighted by atomic mass is 16.6. The zero-order chi connectivity index (χ0) is 19.2. The Balaban J connectivity index is 1.54. The van der Waals surface area contributed by atoms with Crippen LogP contribution in [0.25, 0.3) is 0 Å². The molecule has 0 bridgehead atoms. The molecule has 2 saturated heterocycles. The van der Waals surface area contributed by atoms with E-state index in [2.05, 4.69) is 10.2 Å². The molecule has 0 saturated carbocycles. The maximum atomic E-state index is 12.6. The first-order valence-corrected chi connectivity index (χ1v) is 9.11. The van der Waals surface area contributed by atoms with Crippen LogP contribution in [-0.2, 0) is 9.53 Å². The van der Waals surface area contributed by atoms with Gasteiger partial charge in [0.25, 0.3) is 5.91 Å². The van der Waals surface area contributed by atoms with Crippen LogP contribution in [0.2, 0.25) is 0 Å². The molecule has 0 aliphatic carbocycles. The molecular formula is C17H24N6O4. The van der Waals surface area contributed by atoms with Crippen LogP contribution >= 0.6 is 0 Å². The normalized spacial score (nSPS) is 17.7. The summed E-state index contributed by atoms with van der Waals surface area (Å²) in [4.78, 5) is 42.1. The molecule has 2 fully saturated rings. The van der Waals surface area contributed by atoms with Crippen molar-refractivity contribution in [3.8, 4) is 0 Å². The number of amides is 3. The molecule has 0 N–H and O–H groups in total. The largest absolute Gasteiger partial charge is 0.450 e. The van der Waals surface area contributed by atoms with E-state index in [4.69, 9.17) is 4.74 Å². The van der Waals surface area contributed by atoms with E-state index in [1.165, 1.54) is 0 Å². The fourth-order valence-electron chi connectivity index (χ4n) is 3.13. The van der Waals surface area contributed by atoms with Crippen LogP contribution < -0.4 is 4.90 Å². The lowest BCUT2D eigenvalue weighted by Gasteiger charge is -2.34. The van der Waals surface area contributed by atoms with Gasteiger partial charge in [0.15, 0.2) is 11.5 Å². The minimum Gasteiger partial charge on any atom is -0.450 e. The van der Waals surface area contributed by atoms with Gasteiger partial charge in [-0.25, -0.2) is 4.79 Å². The highest BCUT2D eigenvalue weighted by molar-refractivity contribution is 5.92. The number of anilines is 1. The second-order valence-corrected chi connectivity index (χ2v) is 6.38. The first-order valence-electron chi connectivity index (χ1n) is 9.11. The van der Waals surface area contributed by atoms with Crippen molar-refractivity contribution in [1.82, 2.24) is 24.9 Å². The molecule has 10 heteroatoms. The zero-order valence-electron chi connectivity index (χ0n) is 15.4. The number of carbonyl (C=O) groups excluding carboxylic acids is 3. The molecule has 3 rings (SSSR count). The predicted octanol–water partition coefficient (Wildman–Crippen LogP) is -0.331. The summed E-state index contributed by atoms with van der Waals surface area (Å²) in [5, 5.41) is 8.25. The van der Waals surface area contributed by atoms with Crippen LogP contribution in [0, 0.1) is 0 Å². The average molecular weight is 376 g/mol. The molecule has 1 aromatic heterocycles. The summed E-state index contributed by atoms with van der Waals surface area (Å²) in [5.41, 5.74) is 0.287. The molecule has 2 aliphatic rings. The molecule has 2 aliphatic heterocycles. The predicted molar refractivity (Wildman–Crippen MR) is 96.4 cm³/mol. The standard InChI is InChI=1S/C17H24N6O4/c1-2-27-17(26)23-11-9-22(10-12-23)16(25)14-3-4-15(19-18-14)21-7-5-20(13-24)6-8-21/h3-4,13H,2,5-12H2,1H3. The van der Waals surface area contributed by atoms with Gasteiger partial charge in [-0.15, -0.1) is 10.2 Å². The third-order valence-corrected chi connectivity index (χ3v) is 4.75. The van der Waals surface area contributed by atoms with E-state index in [0.717, 1.165) is 6.41 Å². The fourth-order valence-corrected chi connectivity index (χ4v) is 3.13. The number of ether oxygens (including phenoxy) is 1. The Bertz CT molecular complexity index is 667. The lowest BCUT2D eigenvalue weighted by atomic mass is 10.2. The van der Waals surface area contributed by atoms with Crippen LogP contribution in [0.15, 0.2) is 12.1 Å². The van der Waals surface area contributed by atoms with E-state index in [1.54, 1.807) is 33.8 Å². The van der Waals surface area contributed by atoms with Crippen molar-refractivity contribution < 1.29 is 19.1 Å². The summed E-state index contributed by atoms with van der Waals surface area (Å²) in [6.45, 7) is 6.55. The molecule has 3 amide bonds. The Labute approximate surface area is 157 Å². The Morgan fingerprint density at radius 2 is 1.67 bits per heavy atom. The highest BCUT2D eigenvalue weighted by Crippen LogP contribution is 2.14. The number of nitrogens with zero attached hydrogens (tertiary/aromatic N) is 6. The molecule has 146 valence electrons. The van der Waals surface area contributed by atoms with Crippen molar-refractivity contribution in [3.63, 3.8) is 0 Å². The molecule has 10 nitrogen and oxygen atoms in total. The Kier molecular flexibility index (Phi) is 6.05. The van der Waals surface area contributed by atoms with E-state index < -0.39 is 0 Å². The second kappa shape index (κ2) is 8.65. The molecule has 0 radical (unpaired) electrons. The van der Waals surface area contributed by atoms with E-state index in [1.807, 2.05) is 4.90 Å². The number of piperazine rings is 2. The topological polar surface area (TPSA) is 99.2 Å². The molecule has 0 atom stereocenters. The smallest absolute Gasteiger partial charge is 0.409 e. The number of aromatic nitrogens is 2. The Hall–Kier alpha value is -2.91. The van der Waals surface area contributed by atoms with Gasteiger partial charge >= 0.3 is 6.09 Å². The quantitative estimate of drug-likeness (QED) is 0.664. The van der Waals surface area contributed by atoms with Gasteiger partial charge in [-0.3, -0.25) is 9.59 Å². The van der Waals surface area contributed by atoms with Gasteiger partial charge in [0, 0.05) is 52.4 Å². The molecular weight excluding hydrogens is 352 g/mol. The summed E-state index contributed by atoms with van der Waals surface area (Å²) in [6.07, 6.45) is 0.510. The summed E-state index contributed by atoms with van der Waals surface area (Å²) < 4.78 is 4.98. The monoisotopic (exact) mass is 376 g/mol. The lowest BCUT2D eigenvalue weighted by molar-refractivity contribution is -0.118. The molecule has 0 unspecified atom stereocenters. The van der Waals surface area contributed by atoms with Crippen molar-refractivity contribution in [2.24, 2.45) is 0 Å². The van der Waals surface area contributed by atoms with Crippen LogP contribution in [0.1, 0.15) is 17.4 Å². The van der Waals surface area contributed by atoms with E-state index in [9.17, 15) is 14.4 Å². The fraction of sp³-hybridized carbons (Fsp3) is 0.588. The second-order valence-electron chi connectivity index (χ2n) is 6.38. The number of hydrogen-bond acceptors (Lipinski definition) is 7. The van der Waals surface area contributed by atoms with Gasteiger partial charge in [-0.1, -0.05) is 0 Å². The third-order valence-electron chi connectivity index (χ3n) is 4.75. The summed E-state index contributed by atoms with van der Waals surface area (Å²) in [5.74, 6) is 0.507. The van der Waals surface area contributed by atoms with Gasteiger partial charge in [0.1, 0.15) is 0 Å². The molecule has 27 heavy (non-hydrogen) atoms. The van der Waals surface area contributed by atoms with Crippen LogP contribution in [0.4, 0.5) is 10.6 Å². The van der Waals surface area contributed by atoms with Gasteiger partial charge in [-0.05, 0) is 19.1 Å². The van der Waals surface area contributed by atoms with Crippen LogP contribution in [-0.4, -0.2) is 102 Å². The number of carbonyl (C=O) groups is 3. The van der Waals surface area contributed by atoms with Crippen molar-refractivity contribution in [2.75, 3.05) is 63.9 Å². The van der Waals surface area contributed by atoms with Gasteiger partial charge in [0.2, 0.25) is 6.41 Å². The maximum absolute atomic E-state index is 12.6. The first-order chi connectivity index (χ1) is 13.1. The van der Waals surface area contributed by atoms with Crippen molar-refractivity contribution in [3.05, 3.63) is 17.8 Å². The lowest BCUT2D eigenvalue weighted by Crippen LogP contribution is -2.51. The Morgan fingerprint density at radius 1 is 1.00 bits per heavy atom. The van der Waals surface area contributed by atoms with Crippen molar-refractivity contribution in [1.29, 1.82) is 0 Å². The van der Waals surface area contributed by atoms with Crippen LogP contribution in [0.5, 0.6) is 0 Å². The molecule has 1 aromatic rings. The molecule has 3 heterocycles. The summed E-state index contributed by atoms with van der Waals surface area (Å²) in [6, 6.07) is 3.46. The third kappa shape index (κ3) is 4.44. The van der Waals surface area contributed by atoms with Gasteiger partial charge in [-0.2, -0.15) is 0 Å². The van der Waals surface area contributed by atoms with Crippen LogP contribution in [0.3, 0.4) is 0 Å². The highest BCUT2D eigenvalue weighted by Gasteiger charge is 2.26. The first kappa shape index (κ1) is 18.9. The minimum absolute atomic E-state index is 0.191. The number of rotatable bonds is 4. The van der Waals surface area contributed by atoms with E-state index >= 15 is 0 Å². The van der Waals surface area contributed by atoms with Crippen molar-refractivity contribution >= 4 is 24.2 Å². The average Bonchev–Trinajstić information content (AvgIpc) is 2.74. The molecule has 0 aromatic carbocycles. The zero-order valence-corrected chi connectivity index (χ0v) is 15.4.